The van der Waals surface area contributed by atoms with Crippen LogP contribution < -0.4 is 5.32 Å². The Bertz CT molecular complexity index is 331. The molecule has 1 atom stereocenters. The summed E-state index contributed by atoms with van der Waals surface area (Å²) in [4.78, 5) is 0. The Morgan fingerprint density at radius 3 is 2.69 bits per heavy atom. The standard InChI is InChI=1S/C12H17F2NO/c1-9(8-15-5-6-16-2)10-3-4-11(13)12(14)7-10/h3-4,7,9,15H,5-6,8H2,1-2H3. The van der Waals surface area contributed by atoms with Gasteiger partial charge in [-0.15, -0.1) is 0 Å². The molecule has 0 amide bonds. The van der Waals surface area contributed by atoms with Gasteiger partial charge in [0, 0.05) is 20.2 Å². The number of hydrogen-bond acceptors (Lipinski definition) is 2. The summed E-state index contributed by atoms with van der Waals surface area (Å²) in [5.41, 5.74) is 0.795. The van der Waals surface area contributed by atoms with Crippen molar-refractivity contribution in [2.45, 2.75) is 12.8 Å². The van der Waals surface area contributed by atoms with Crippen molar-refractivity contribution in [1.29, 1.82) is 0 Å². The Kier molecular flexibility index (Phi) is 5.35. The van der Waals surface area contributed by atoms with Crippen LogP contribution in [0.2, 0.25) is 0 Å². The summed E-state index contributed by atoms with van der Waals surface area (Å²) in [6.45, 7) is 4.08. The van der Waals surface area contributed by atoms with E-state index in [9.17, 15) is 8.78 Å². The molecule has 16 heavy (non-hydrogen) atoms. The molecule has 0 spiro atoms. The topological polar surface area (TPSA) is 21.3 Å². The summed E-state index contributed by atoms with van der Waals surface area (Å²) in [6, 6.07) is 4.02. The Labute approximate surface area is 94.6 Å². The fraction of sp³-hybridized carbons (Fsp3) is 0.500. The number of hydrogen-bond donors (Lipinski definition) is 1. The lowest BCUT2D eigenvalue weighted by molar-refractivity contribution is 0.199. The van der Waals surface area contributed by atoms with Crippen molar-refractivity contribution in [2.75, 3.05) is 26.8 Å². The maximum Gasteiger partial charge on any atom is 0.159 e. The van der Waals surface area contributed by atoms with Gasteiger partial charge >= 0.3 is 0 Å². The van der Waals surface area contributed by atoms with Gasteiger partial charge in [-0.05, 0) is 23.6 Å². The Morgan fingerprint density at radius 1 is 1.31 bits per heavy atom. The molecule has 1 unspecified atom stereocenters. The van der Waals surface area contributed by atoms with Crippen molar-refractivity contribution in [3.05, 3.63) is 35.4 Å². The van der Waals surface area contributed by atoms with Crippen molar-refractivity contribution in [3.8, 4) is 0 Å². The summed E-state index contributed by atoms with van der Waals surface area (Å²) >= 11 is 0. The predicted molar refractivity (Wildman–Crippen MR) is 59.5 cm³/mol. The maximum absolute atomic E-state index is 13.0. The highest BCUT2D eigenvalue weighted by Gasteiger charge is 2.08. The molecule has 0 bridgehead atoms. The van der Waals surface area contributed by atoms with Crippen LogP contribution >= 0.6 is 0 Å². The molecule has 1 aromatic carbocycles. The monoisotopic (exact) mass is 229 g/mol. The van der Waals surface area contributed by atoms with Crippen LogP contribution in [0, 0.1) is 11.6 Å². The van der Waals surface area contributed by atoms with Crippen LogP contribution in [0.3, 0.4) is 0 Å². The van der Waals surface area contributed by atoms with Crippen molar-refractivity contribution in [1.82, 2.24) is 5.32 Å². The van der Waals surface area contributed by atoms with Crippen LogP contribution in [0.15, 0.2) is 18.2 Å². The molecule has 0 aliphatic heterocycles. The number of nitrogens with one attached hydrogen (secondary N) is 1. The average molecular weight is 229 g/mol. The average Bonchev–Trinajstić information content (AvgIpc) is 2.28. The number of benzene rings is 1. The zero-order valence-corrected chi connectivity index (χ0v) is 9.59. The van der Waals surface area contributed by atoms with Gasteiger partial charge in [0.2, 0.25) is 0 Å². The molecular weight excluding hydrogens is 212 g/mol. The van der Waals surface area contributed by atoms with Crippen LogP contribution in [-0.2, 0) is 4.74 Å². The zero-order valence-electron chi connectivity index (χ0n) is 9.59. The lowest BCUT2D eigenvalue weighted by Gasteiger charge is -2.13. The summed E-state index contributed by atoms with van der Waals surface area (Å²) in [5, 5.41) is 3.18. The van der Waals surface area contributed by atoms with Gasteiger partial charge in [0.1, 0.15) is 0 Å². The van der Waals surface area contributed by atoms with E-state index in [2.05, 4.69) is 5.32 Å². The van der Waals surface area contributed by atoms with Gasteiger partial charge in [0.25, 0.3) is 0 Å². The minimum absolute atomic E-state index is 0.145. The number of rotatable bonds is 6. The molecule has 2 nitrogen and oxygen atoms in total. The minimum atomic E-state index is -0.803. The lowest BCUT2D eigenvalue weighted by Crippen LogP contribution is -2.24. The molecule has 0 aromatic heterocycles. The summed E-state index contributed by atoms with van der Waals surface area (Å²) in [7, 11) is 1.64. The van der Waals surface area contributed by atoms with Gasteiger partial charge in [0.15, 0.2) is 11.6 Å². The molecule has 0 aliphatic rings. The minimum Gasteiger partial charge on any atom is -0.383 e. The summed E-state index contributed by atoms with van der Waals surface area (Å²) in [5.74, 6) is -1.45. The van der Waals surface area contributed by atoms with Gasteiger partial charge < -0.3 is 10.1 Å². The van der Waals surface area contributed by atoms with Crippen LogP contribution in [0.1, 0.15) is 18.4 Å². The Balaban J connectivity index is 2.46. The fourth-order valence-electron chi connectivity index (χ4n) is 1.43. The van der Waals surface area contributed by atoms with Gasteiger partial charge in [-0.3, -0.25) is 0 Å². The third kappa shape index (κ3) is 3.87. The molecule has 1 aromatic rings. The molecule has 0 heterocycles. The third-order valence-electron chi connectivity index (χ3n) is 2.45. The second kappa shape index (κ2) is 6.55. The number of methoxy groups -OCH3 is 1. The van der Waals surface area contributed by atoms with Gasteiger partial charge in [0.05, 0.1) is 6.61 Å². The molecule has 1 rings (SSSR count). The maximum atomic E-state index is 13.0. The van der Waals surface area contributed by atoms with Crippen molar-refractivity contribution < 1.29 is 13.5 Å². The largest absolute Gasteiger partial charge is 0.383 e. The van der Waals surface area contributed by atoms with Crippen LogP contribution in [0.25, 0.3) is 0 Å². The van der Waals surface area contributed by atoms with E-state index in [0.717, 1.165) is 18.2 Å². The molecule has 1 N–H and O–H groups in total. The molecule has 0 saturated carbocycles. The van der Waals surface area contributed by atoms with E-state index in [1.807, 2.05) is 6.92 Å². The van der Waals surface area contributed by atoms with E-state index in [1.165, 1.54) is 6.07 Å². The van der Waals surface area contributed by atoms with Gasteiger partial charge in [-0.25, -0.2) is 8.78 Å². The van der Waals surface area contributed by atoms with E-state index >= 15 is 0 Å². The molecule has 0 fully saturated rings. The van der Waals surface area contributed by atoms with Gasteiger partial charge in [-0.1, -0.05) is 13.0 Å². The van der Waals surface area contributed by atoms with Crippen LogP contribution in [0.4, 0.5) is 8.78 Å². The number of halogens is 2. The fourth-order valence-corrected chi connectivity index (χ4v) is 1.43. The van der Waals surface area contributed by atoms with E-state index in [1.54, 1.807) is 13.2 Å². The van der Waals surface area contributed by atoms with Crippen molar-refractivity contribution in [3.63, 3.8) is 0 Å². The first-order valence-electron chi connectivity index (χ1n) is 5.29. The third-order valence-corrected chi connectivity index (χ3v) is 2.45. The smallest absolute Gasteiger partial charge is 0.159 e. The normalized spacial score (nSPS) is 12.8. The highest BCUT2D eigenvalue weighted by atomic mass is 19.2. The molecule has 4 heteroatoms. The van der Waals surface area contributed by atoms with E-state index in [4.69, 9.17) is 4.74 Å². The van der Waals surface area contributed by atoms with Crippen LogP contribution in [0.5, 0.6) is 0 Å². The van der Waals surface area contributed by atoms with E-state index in [-0.39, 0.29) is 5.92 Å². The lowest BCUT2D eigenvalue weighted by atomic mass is 10.0. The highest BCUT2D eigenvalue weighted by Crippen LogP contribution is 2.17. The molecule has 0 aliphatic carbocycles. The molecule has 90 valence electrons. The summed E-state index contributed by atoms with van der Waals surface area (Å²) in [6.07, 6.45) is 0. The van der Waals surface area contributed by atoms with Gasteiger partial charge in [-0.2, -0.15) is 0 Å². The second-order valence-corrected chi connectivity index (χ2v) is 3.77. The SMILES string of the molecule is COCCNCC(C)c1ccc(F)c(F)c1. The quantitative estimate of drug-likeness (QED) is 0.756. The Hall–Kier alpha value is -1.00. The number of ether oxygens (including phenoxy) is 1. The molecule has 0 radical (unpaired) electrons. The first-order valence-corrected chi connectivity index (χ1v) is 5.29. The Morgan fingerprint density at radius 2 is 2.06 bits per heavy atom. The van der Waals surface area contributed by atoms with E-state index in [0.29, 0.717) is 13.2 Å². The zero-order chi connectivity index (χ0) is 12.0. The molecule has 0 saturated heterocycles. The first-order chi connectivity index (χ1) is 7.65. The second-order valence-electron chi connectivity index (χ2n) is 3.77. The molecular formula is C12H17F2NO. The predicted octanol–water partition coefficient (Wildman–Crippen LogP) is 2.30. The summed E-state index contributed by atoms with van der Waals surface area (Å²) < 4.78 is 30.6. The highest BCUT2D eigenvalue weighted by molar-refractivity contribution is 5.21. The van der Waals surface area contributed by atoms with Crippen molar-refractivity contribution in [2.24, 2.45) is 0 Å². The van der Waals surface area contributed by atoms with E-state index < -0.39 is 11.6 Å². The first kappa shape index (κ1) is 13.1. The van der Waals surface area contributed by atoms with Crippen molar-refractivity contribution >= 4 is 0 Å². The van der Waals surface area contributed by atoms with Crippen LogP contribution in [-0.4, -0.2) is 26.8 Å².